The number of benzene rings is 4. The Hall–Kier alpha value is -2.76. The molecule has 0 saturated carbocycles. The van der Waals surface area contributed by atoms with Gasteiger partial charge in [-0.15, -0.1) is 0 Å². The molecule has 0 radical (unpaired) electrons. The molecule has 3 N–H and O–H groups in total. The molecule has 0 aromatic heterocycles. The van der Waals surface area contributed by atoms with Crippen LogP contribution in [0.2, 0.25) is 0 Å². The maximum atomic E-state index is 3.74. The number of nitrogens with zero attached hydrogens (tertiary/aromatic N) is 1. The van der Waals surface area contributed by atoms with Gasteiger partial charge in [0.1, 0.15) is 0 Å². The van der Waals surface area contributed by atoms with Crippen molar-refractivity contribution in [1.82, 2.24) is 20.9 Å². The number of hydrogen-bond acceptors (Lipinski definition) is 4. The van der Waals surface area contributed by atoms with Gasteiger partial charge in [-0.3, -0.25) is 4.90 Å². The monoisotopic (exact) mass is 438 g/mol. The average molecular weight is 439 g/mol. The number of fused-ring (bicyclic) bond motifs is 4. The molecule has 4 aromatic carbocycles. The maximum Gasteiger partial charge on any atom is 0.0218 e. The van der Waals surface area contributed by atoms with Crippen molar-refractivity contribution in [2.75, 3.05) is 39.3 Å². The van der Waals surface area contributed by atoms with E-state index >= 15 is 0 Å². The molecule has 1 heterocycles. The van der Waals surface area contributed by atoms with Crippen LogP contribution in [0.5, 0.6) is 0 Å². The number of hydrogen-bond donors (Lipinski definition) is 3. The average Bonchev–Trinajstić information content (AvgIpc) is 2.85. The van der Waals surface area contributed by atoms with Crippen LogP contribution in [0.4, 0.5) is 0 Å². The molecule has 0 fully saturated rings. The fourth-order valence-corrected chi connectivity index (χ4v) is 4.87. The van der Waals surface area contributed by atoms with Crippen molar-refractivity contribution < 1.29 is 0 Å². The molecule has 2 bridgehead atoms. The minimum absolute atomic E-state index is 0.890. The summed E-state index contributed by atoms with van der Waals surface area (Å²) in [5.41, 5.74) is 4.14. The highest BCUT2D eigenvalue weighted by Gasteiger charge is 2.09. The third-order valence-electron chi connectivity index (χ3n) is 6.65. The van der Waals surface area contributed by atoms with E-state index in [1.165, 1.54) is 38.2 Å². The Morgan fingerprint density at radius 2 is 1.30 bits per heavy atom. The van der Waals surface area contributed by atoms with Gasteiger partial charge in [0.2, 0.25) is 0 Å². The van der Waals surface area contributed by atoms with Gasteiger partial charge in [0.05, 0.1) is 0 Å². The topological polar surface area (TPSA) is 39.3 Å². The van der Waals surface area contributed by atoms with Gasteiger partial charge < -0.3 is 16.0 Å². The third-order valence-corrected chi connectivity index (χ3v) is 6.65. The molecule has 0 aliphatic carbocycles. The molecule has 0 saturated heterocycles. The summed E-state index contributed by atoms with van der Waals surface area (Å²) in [6.45, 7) is 8.97. The van der Waals surface area contributed by atoms with Crippen molar-refractivity contribution in [2.24, 2.45) is 0 Å². The van der Waals surface area contributed by atoms with Gasteiger partial charge in [0.15, 0.2) is 0 Å². The van der Waals surface area contributed by atoms with Crippen LogP contribution < -0.4 is 16.0 Å². The lowest BCUT2D eigenvalue weighted by molar-refractivity contribution is 0.271. The molecule has 0 unspecified atom stereocenters. The number of nitrogens with one attached hydrogen (secondary N) is 3. The summed E-state index contributed by atoms with van der Waals surface area (Å²) in [5.74, 6) is 0. The van der Waals surface area contributed by atoms with Crippen LogP contribution in [0.25, 0.3) is 21.5 Å². The van der Waals surface area contributed by atoms with Crippen LogP contribution in [-0.2, 0) is 19.6 Å². The van der Waals surface area contributed by atoms with Gasteiger partial charge in [0.25, 0.3) is 0 Å². The van der Waals surface area contributed by atoms with E-state index in [0.717, 1.165) is 58.9 Å². The molecule has 0 spiro atoms. The highest BCUT2D eigenvalue weighted by molar-refractivity contribution is 6.02. The Kier molecular flexibility index (Phi) is 7.29. The molecule has 1 aliphatic rings. The van der Waals surface area contributed by atoms with Crippen LogP contribution in [0, 0.1) is 0 Å². The molecule has 0 atom stereocenters. The zero-order valence-corrected chi connectivity index (χ0v) is 19.3. The second-order valence-electron chi connectivity index (χ2n) is 8.99. The van der Waals surface area contributed by atoms with Gasteiger partial charge in [-0.05, 0) is 44.3 Å². The first-order valence-corrected chi connectivity index (χ1v) is 12.2. The van der Waals surface area contributed by atoms with E-state index in [0.29, 0.717) is 0 Å². The smallest absolute Gasteiger partial charge is 0.0218 e. The lowest BCUT2D eigenvalue weighted by Crippen LogP contribution is -2.40. The van der Waals surface area contributed by atoms with Gasteiger partial charge in [0, 0.05) is 58.9 Å². The summed E-state index contributed by atoms with van der Waals surface area (Å²) < 4.78 is 0. The van der Waals surface area contributed by atoms with Crippen molar-refractivity contribution in [3.63, 3.8) is 0 Å². The molecule has 33 heavy (non-hydrogen) atoms. The summed E-state index contributed by atoms with van der Waals surface area (Å²) in [5, 5.41) is 16.3. The van der Waals surface area contributed by atoms with Crippen molar-refractivity contribution in [3.8, 4) is 0 Å². The summed E-state index contributed by atoms with van der Waals surface area (Å²) in [6, 6.07) is 28.7. The maximum absolute atomic E-state index is 3.74. The lowest BCUT2D eigenvalue weighted by Gasteiger charge is -2.24. The largest absolute Gasteiger partial charge is 0.311 e. The van der Waals surface area contributed by atoms with Gasteiger partial charge >= 0.3 is 0 Å². The predicted molar refractivity (Wildman–Crippen MR) is 139 cm³/mol. The Morgan fingerprint density at radius 3 is 1.94 bits per heavy atom. The Labute approximate surface area is 197 Å². The molecule has 5 rings (SSSR count). The molecule has 0 amide bonds. The fraction of sp³-hybridized carbons (Fsp3) is 0.310. The van der Waals surface area contributed by atoms with Crippen LogP contribution >= 0.6 is 0 Å². The third kappa shape index (κ3) is 5.60. The SMILES string of the molecule is c1cc2cc(c1)CNCCN(CCNCc1c3ccccc3cc3ccccc13)CCNC2. The molecule has 1 aliphatic heterocycles. The first kappa shape index (κ1) is 22.1. The van der Waals surface area contributed by atoms with Crippen molar-refractivity contribution >= 4 is 21.5 Å². The minimum atomic E-state index is 0.890. The van der Waals surface area contributed by atoms with Crippen LogP contribution in [0.3, 0.4) is 0 Å². The van der Waals surface area contributed by atoms with E-state index < -0.39 is 0 Å². The second kappa shape index (κ2) is 10.9. The summed E-state index contributed by atoms with van der Waals surface area (Å²) >= 11 is 0. The normalized spacial score (nSPS) is 15.9. The van der Waals surface area contributed by atoms with E-state index in [-0.39, 0.29) is 0 Å². The molecule has 4 aromatic rings. The molecule has 4 heteroatoms. The zero-order valence-electron chi connectivity index (χ0n) is 19.3. The molecule has 170 valence electrons. The van der Waals surface area contributed by atoms with E-state index in [2.05, 4.69) is 99.7 Å². The Morgan fingerprint density at radius 1 is 0.697 bits per heavy atom. The number of rotatable bonds is 5. The van der Waals surface area contributed by atoms with Crippen molar-refractivity contribution in [3.05, 3.63) is 95.6 Å². The quantitative estimate of drug-likeness (QED) is 0.321. The summed E-state index contributed by atoms with van der Waals surface area (Å²) in [6.07, 6.45) is 0. The predicted octanol–water partition coefficient (Wildman–Crippen LogP) is 4.28. The van der Waals surface area contributed by atoms with Crippen LogP contribution in [0.15, 0.2) is 78.9 Å². The molecular formula is C29H34N4. The lowest BCUT2D eigenvalue weighted by atomic mass is 9.97. The second-order valence-corrected chi connectivity index (χ2v) is 8.99. The Bertz CT molecular complexity index is 1120. The van der Waals surface area contributed by atoms with Crippen molar-refractivity contribution in [1.29, 1.82) is 0 Å². The fourth-order valence-electron chi connectivity index (χ4n) is 4.87. The van der Waals surface area contributed by atoms with Gasteiger partial charge in [-0.1, -0.05) is 72.8 Å². The Balaban J connectivity index is 1.19. The summed E-state index contributed by atoms with van der Waals surface area (Å²) in [4.78, 5) is 2.56. The first-order chi connectivity index (χ1) is 16.4. The summed E-state index contributed by atoms with van der Waals surface area (Å²) in [7, 11) is 0. The van der Waals surface area contributed by atoms with E-state index in [1.54, 1.807) is 0 Å². The molecular weight excluding hydrogens is 404 g/mol. The highest BCUT2D eigenvalue weighted by atomic mass is 15.2. The first-order valence-electron chi connectivity index (χ1n) is 12.2. The van der Waals surface area contributed by atoms with Crippen LogP contribution in [-0.4, -0.2) is 44.2 Å². The highest BCUT2D eigenvalue weighted by Crippen LogP contribution is 2.28. The zero-order chi connectivity index (χ0) is 22.3. The van der Waals surface area contributed by atoms with E-state index in [9.17, 15) is 0 Å². The van der Waals surface area contributed by atoms with Crippen molar-refractivity contribution in [2.45, 2.75) is 19.6 Å². The van der Waals surface area contributed by atoms with Crippen LogP contribution in [0.1, 0.15) is 16.7 Å². The standard InChI is InChI=1S/C29H34N4/c1-3-10-27-25(8-1)19-26-9-2-4-11-28(26)29(27)22-32-14-17-33-15-12-30-20-23-6-5-7-24(18-23)21-31-13-16-33/h1-11,18-19,30-32H,12-17,20-22H2. The van der Waals surface area contributed by atoms with Gasteiger partial charge in [-0.25, -0.2) is 0 Å². The molecule has 4 nitrogen and oxygen atoms in total. The van der Waals surface area contributed by atoms with E-state index in [1.807, 2.05) is 0 Å². The van der Waals surface area contributed by atoms with Gasteiger partial charge in [-0.2, -0.15) is 0 Å². The van der Waals surface area contributed by atoms with E-state index in [4.69, 9.17) is 0 Å². The minimum Gasteiger partial charge on any atom is -0.311 e.